The predicted molar refractivity (Wildman–Crippen MR) is 56.9 cm³/mol. The van der Waals surface area contributed by atoms with Crippen molar-refractivity contribution in [2.45, 2.75) is 19.0 Å². The third-order valence-electron chi connectivity index (χ3n) is 2.68. The van der Waals surface area contributed by atoms with Gasteiger partial charge in [-0.3, -0.25) is 4.79 Å². The molecule has 0 spiro atoms. The second kappa shape index (κ2) is 6.44. The number of nitrogens with zero attached hydrogens (tertiary/aromatic N) is 1. The van der Waals surface area contributed by atoms with Crippen LogP contribution in [0.1, 0.15) is 12.8 Å². The van der Waals surface area contributed by atoms with Crippen LogP contribution in [0.15, 0.2) is 0 Å². The van der Waals surface area contributed by atoms with E-state index >= 15 is 0 Å². The highest BCUT2D eigenvalue weighted by molar-refractivity contribution is 6.18. The molecule has 0 aromatic heterocycles. The van der Waals surface area contributed by atoms with Crippen LogP contribution in [-0.4, -0.2) is 49.2 Å². The van der Waals surface area contributed by atoms with Gasteiger partial charge in [-0.05, 0) is 18.8 Å². The molecule has 1 fully saturated rings. The molecule has 100 valence electrons. The highest BCUT2D eigenvalue weighted by Crippen LogP contribution is 2.19. The number of carbonyl (C=O) groups is 1. The Bertz CT molecular complexity index is 252. The molecule has 0 aromatic rings. The van der Waals surface area contributed by atoms with Crippen LogP contribution in [0, 0.1) is 5.92 Å². The Morgan fingerprint density at radius 1 is 1.35 bits per heavy atom. The first-order chi connectivity index (χ1) is 7.92. The van der Waals surface area contributed by atoms with E-state index in [1.165, 1.54) is 4.90 Å². The van der Waals surface area contributed by atoms with Crippen molar-refractivity contribution in [2.75, 3.05) is 32.2 Å². The van der Waals surface area contributed by atoms with Crippen molar-refractivity contribution >= 4 is 17.5 Å². The Kier molecular flexibility index (Phi) is 5.52. The summed E-state index contributed by atoms with van der Waals surface area (Å²) in [5.74, 6) is 0.575. The van der Waals surface area contributed by atoms with Crippen molar-refractivity contribution in [1.29, 1.82) is 0 Å². The van der Waals surface area contributed by atoms with Crippen LogP contribution in [0.25, 0.3) is 0 Å². The van der Waals surface area contributed by atoms with Gasteiger partial charge in [-0.1, -0.05) is 0 Å². The number of halogens is 4. The SMILES string of the molecule is O=C(COCC(F)(F)F)N1CCC(CCl)CC1. The average Bonchev–Trinajstić information content (AvgIpc) is 2.27. The Morgan fingerprint density at radius 2 is 1.94 bits per heavy atom. The summed E-state index contributed by atoms with van der Waals surface area (Å²) < 4.78 is 39.7. The number of ether oxygens (including phenoxy) is 1. The standard InChI is InChI=1S/C10H15ClF3NO2/c11-5-8-1-3-15(4-2-8)9(16)6-17-7-10(12,13)14/h8H,1-7H2. The molecule has 7 heteroatoms. The normalized spacial score (nSPS) is 18.5. The molecule has 1 saturated heterocycles. The number of hydrogen-bond donors (Lipinski definition) is 0. The van der Waals surface area contributed by atoms with Crippen LogP contribution in [0.3, 0.4) is 0 Å². The van der Waals surface area contributed by atoms with Crippen LogP contribution in [0.5, 0.6) is 0 Å². The van der Waals surface area contributed by atoms with E-state index in [1.54, 1.807) is 0 Å². The van der Waals surface area contributed by atoms with E-state index in [-0.39, 0.29) is 5.91 Å². The fourth-order valence-corrected chi connectivity index (χ4v) is 1.99. The summed E-state index contributed by atoms with van der Waals surface area (Å²) in [5, 5.41) is 0. The Labute approximate surface area is 103 Å². The largest absolute Gasteiger partial charge is 0.411 e. The van der Waals surface area contributed by atoms with Gasteiger partial charge in [0.1, 0.15) is 13.2 Å². The van der Waals surface area contributed by atoms with Crippen LogP contribution >= 0.6 is 11.6 Å². The number of carbonyl (C=O) groups excluding carboxylic acids is 1. The molecule has 1 aliphatic rings. The molecule has 0 N–H and O–H groups in total. The summed E-state index contributed by atoms with van der Waals surface area (Å²) in [4.78, 5) is 13.0. The molecular formula is C10H15ClF3NO2. The highest BCUT2D eigenvalue weighted by atomic mass is 35.5. The van der Waals surface area contributed by atoms with Gasteiger partial charge in [-0.25, -0.2) is 0 Å². The summed E-state index contributed by atoms with van der Waals surface area (Å²) in [6.45, 7) is -0.793. The molecule has 0 unspecified atom stereocenters. The lowest BCUT2D eigenvalue weighted by molar-refractivity contribution is -0.178. The number of alkyl halides is 4. The fraction of sp³-hybridized carbons (Fsp3) is 0.900. The van der Waals surface area contributed by atoms with Gasteiger partial charge >= 0.3 is 6.18 Å². The van der Waals surface area contributed by atoms with E-state index < -0.39 is 19.4 Å². The first kappa shape index (κ1) is 14.6. The van der Waals surface area contributed by atoms with Gasteiger partial charge in [0.25, 0.3) is 0 Å². The van der Waals surface area contributed by atoms with Crippen LogP contribution in [0.4, 0.5) is 13.2 Å². The summed E-state index contributed by atoms with van der Waals surface area (Å²) in [5.41, 5.74) is 0. The highest BCUT2D eigenvalue weighted by Gasteiger charge is 2.29. The van der Waals surface area contributed by atoms with Crippen molar-refractivity contribution in [3.05, 3.63) is 0 Å². The number of hydrogen-bond acceptors (Lipinski definition) is 2. The Balaban J connectivity index is 2.21. The minimum atomic E-state index is -4.38. The quantitative estimate of drug-likeness (QED) is 0.734. The maximum Gasteiger partial charge on any atom is 0.411 e. The number of piperidine rings is 1. The van der Waals surface area contributed by atoms with Crippen molar-refractivity contribution < 1.29 is 22.7 Å². The second-order valence-electron chi connectivity index (χ2n) is 4.09. The smallest absolute Gasteiger partial charge is 0.362 e. The lowest BCUT2D eigenvalue weighted by Crippen LogP contribution is -2.41. The van der Waals surface area contributed by atoms with Gasteiger partial charge in [-0.15, -0.1) is 11.6 Å². The average molecular weight is 274 g/mol. The number of likely N-dealkylation sites (tertiary alicyclic amines) is 1. The fourth-order valence-electron chi connectivity index (χ4n) is 1.68. The molecule has 0 radical (unpaired) electrons. The van der Waals surface area contributed by atoms with Gasteiger partial charge < -0.3 is 9.64 Å². The lowest BCUT2D eigenvalue weighted by Gasteiger charge is -2.31. The van der Waals surface area contributed by atoms with E-state index in [0.29, 0.717) is 24.9 Å². The number of amides is 1. The molecule has 0 saturated carbocycles. The zero-order valence-corrected chi connectivity index (χ0v) is 10.1. The topological polar surface area (TPSA) is 29.5 Å². The Morgan fingerprint density at radius 3 is 2.41 bits per heavy atom. The van der Waals surface area contributed by atoms with E-state index in [2.05, 4.69) is 4.74 Å². The van der Waals surface area contributed by atoms with Crippen molar-refractivity contribution in [2.24, 2.45) is 5.92 Å². The van der Waals surface area contributed by atoms with Crippen molar-refractivity contribution in [1.82, 2.24) is 4.90 Å². The minimum Gasteiger partial charge on any atom is -0.362 e. The Hall–Kier alpha value is -0.490. The molecule has 0 bridgehead atoms. The van der Waals surface area contributed by atoms with Crippen LogP contribution < -0.4 is 0 Å². The van der Waals surface area contributed by atoms with Crippen molar-refractivity contribution in [3.63, 3.8) is 0 Å². The number of rotatable bonds is 4. The van der Waals surface area contributed by atoms with E-state index in [0.717, 1.165) is 12.8 Å². The first-order valence-electron chi connectivity index (χ1n) is 5.40. The van der Waals surface area contributed by atoms with Crippen LogP contribution in [0.2, 0.25) is 0 Å². The predicted octanol–water partition coefficient (Wildman–Crippen LogP) is 2.04. The van der Waals surface area contributed by atoms with Gasteiger partial charge in [0.15, 0.2) is 0 Å². The molecule has 0 atom stereocenters. The summed E-state index contributed by atoms with van der Waals surface area (Å²) in [6, 6.07) is 0. The molecular weight excluding hydrogens is 259 g/mol. The molecule has 1 rings (SSSR count). The third-order valence-corrected chi connectivity index (χ3v) is 3.11. The summed E-state index contributed by atoms with van der Waals surface area (Å²) in [6.07, 6.45) is -2.78. The van der Waals surface area contributed by atoms with Gasteiger partial charge in [-0.2, -0.15) is 13.2 Å². The van der Waals surface area contributed by atoms with E-state index in [1.807, 2.05) is 0 Å². The maximum absolute atomic E-state index is 11.8. The van der Waals surface area contributed by atoms with Crippen LogP contribution in [-0.2, 0) is 9.53 Å². The molecule has 3 nitrogen and oxygen atoms in total. The van der Waals surface area contributed by atoms with Gasteiger partial charge in [0.2, 0.25) is 5.91 Å². The summed E-state index contributed by atoms with van der Waals surface area (Å²) in [7, 11) is 0. The third kappa shape index (κ3) is 5.59. The van der Waals surface area contributed by atoms with Gasteiger partial charge in [0, 0.05) is 19.0 Å². The van der Waals surface area contributed by atoms with E-state index in [9.17, 15) is 18.0 Å². The molecule has 0 aliphatic carbocycles. The summed E-state index contributed by atoms with van der Waals surface area (Å²) >= 11 is 5.69. The second-order valence-corrected chi connectivity index (χ2v) is 4.40. The van der Waals surface area contributed by atoms with Crippen molar-refractivity contribution in [3.8, 4) is 0 Å². The molecule has 1 heterocycles. The zero-order chi connectivity index (χ0) is 12.9. The molecule has 1 aliphatic heterocycles. The monoisotopic (exact) mass is 273 g/mol. The lowest BCUT2D eigenvalue weighted by atomic mass is 9.99. The zero-order valence-electron chi connectivity index (χ0n) is 9.30. The maximum atomic E-state index is 11.8. The molecule has 1 amide bonds. The van der Waals surface area contributed by atoms with E-state index in [4.69, 9.17) is 11.6 Å². The first-order valence-corrected chi connectivity index (χ1v) is 5.94. The molecule has 17 heavy (non-hydrogen) atoms. The minimum absolute atomic E-state index is 0.387. The molecule has 0 aromatic carbocycles. The van der Waals surface area contributed by atoms with Gasteiger partial charge in [0.05, 0.1) is 0 Å².